The van der Waals surface area contributed by atoms with Gasteiger partial charge in [-0.15, -0.1) is 10.2 Å². The normalized spacial score (nSPS) is 15.7. The van der Waals surface area contributed by atoms with Gasteiger partial charge in [-0.3, -0.25) is 4.90 Å². The second-order valence-electron chi connectivity index (χ2n) is 8.80. The summed E-state index contributed by atoms with van der Waals surface area (Å²) in [5, 5.41) is 15.4. The van der Waals surface area contributed by atoms with E-state index < -0.39 is 0 Å². The molecular formula is C23H37N7O. The number of nitrogens with zero attached hydrogens (tertiary/aromatic N) is 5. The molecule has 8 heteroatoms. The molecule has 1 saturated heterocycles. The Labute approximate surface area is 186 Å². The molecule has 0 bridgehead atoms. The highest BCUT2D eigenvalue weighted by molar-refractivity contribution is 5.79. The van der Waals surface area contributed by atoms with Gasteiger partial charge in [-0.05, 0) is 64.4 Å². The SMILES string of the molecule is COc1ccc(CN=C(NCc2nnc(C)n2C)NCC(C)(C)N2CCCCC2)cc1. The Hall–Kier alpha value is -2.61. The number of benzene rings is 1. The van der Waals surface area contributed by atoms with Crippen molar-refractivity contribution < 1.29 is 4.74 Å². The monoisotopic (exact) mass is 427 g/mol. The predicted octanol–water partition coefficient (Wildman–Crippen LogP) is 2.63. The van der Waals surface area contributed by atoms with Crippen molar-refractivity contribution in [1.29, 1.82) is 0 Å². The van der Waals surface area contributed by atoms with Crippen LogP contribution in [-0.2, 0) is 20.1 Å². The number of guanidine groups is 1. The molecule has 1 aromatic carbocycles. The summed E-state index contributed by atoms with van der Waals surface area (Å²) >= 11 is 0. The Morgan fingerprint density at radius 2 is 1.81 bits per heavy atom. The molecule has 1 aromatic heterocycles. The van der Waals surface area contributed by atoms with Crippen LogP contribution in [0.15, 0.2) is 29.3 Å². The minimum Gasteiger partial charge on any atom is -0.497 e. The van der Waals surface area contributed by atoms with E-state index in [0.717, 1.165) is 35.5 Å². The van der Waals surface area contributed by atoms with E-state index in [9.17, 15) is 0 Å². The number of aromatic nitrogens is 3. The molecule has 170 valence electrons. The summed E-state index contributed by atoms with van der Waals surface area (Å²) in [5.41, 5.74) is 1.19. The van der Waals surface area contributed by atoms with Crippen molar-refractivity contribution in [1.82, 2.24) is 30.3 Å². The Kier molecular flexibility index (Phi) is 7.90. The fraction of sp³-hybridized carbons (Fsp3) is 0.609. The maximum atomic E-state index is 5.25. The van der Waals surface area contributed by atoms with Crippen LogP contribution in [0.4, 0.5) is 0 Å². The first-order valence-corrected chi connectivity index (χ1v) is 11.1. The van der Waals surface area contributed by atoms with Crippen LogP contribution in [0.1, 0.15) is 50.3 Å². The van der Waals surface area contributed by atoms with E-state index in [0.29, 0.717) is 13.1 Å². The molecule has 2 heterocycles. The van der Waals surface area contributed by atoms with E-state index in [1.54, 1.807) is 7.11 Å². The van der Waals surface area contributed by atoms with Crippen LogP contribution in [0, 0.1) is 6.92 Å². The van der Waals surface area contributed by atoms with E-state index in [1.807, 2.05) is 42.8 Å². The number of methoxy groups -OCH3 is 1. The second-order valence-corrected chi connectivity index (χ2v) is 8.80. The topological polar surface area (TPSA) is 79.6 Å². The Balaban J connectivity index is 1.66. The van der Waals surface area contributed by atoms with Crippen molar-refractivity contribution in [3.63, 3.8) is 0 Å². The third kappa shape index (κ3) is 6.43. The number of ether oxygens (including phenoxy) is 1. The third-order valence-corrected chi connectivity index (χ3v) is 6.08. The summed E-state index contributed by atoms with van der Waals surface area (Å²) in [4.78, 5) is 7.41. The molecule has 0 spiro atoms. The predicted molar refractivity (Wildman–Crippen MR) is 124 cm³/mol. The second kappa shape index (κ2) is 10.6. The highest BCUT2D eigenvalue weighted by Crippen LogP contribution is 2.19. The van der Waals surface area contributed by atoms with E-state index in [2.05, 4.69) is 39.6 Å². The molecule has 0 unspecified atom stereocenters. The first kappa shape index (κ1) is 23.1. The molecule has 0 radical (unpaired) electrons. The standard InChI is InChI=1S/C23H37N7O/c1-18-27-28-21(29(18)4)16-25-22(24-15-19-9-11-20(31-5)12-10-19)26-17-23(2,3)30-13-7-6-8-14-30/h9-12H,6-8,13-17H2,1-5H3,(H2,24,25,26). The zero-order valence-electron chi connectivity index (χ0n) is 19.6. The molecule has 1 aliphatic rings. The molecule has 0 atom stereocenters. The van der Waals surface area contributed by atoms with Crippen molar-refractivity contribution in [2.75, 3.05) is 26.7 Å². The van der Waals surface area contributed by atoms with Crippen molar-refractivity contribution >= 4 is 5.96 Å². The van der Waals surface area contributed by atoms with Gasteiger partial charge in [0, 0.05) is 19.1 Å². The van der Waals surface area contributed by atoms with E-state index >= 15 is 0 Å². The van der Waals surface area contributed by atoms with Crippen LogP contribution >= 0.6 is 0 Å². The molecule has 2 N–H and O–H groups in total. The molecular weight excluding hydrogens is 390 g/mol. The number of aryl methyl sites for hydroxylation is 1. The number of hydrogen-bond acceptors (Lipinski definition) is 5. The average molecular weight is 428 g/mol. The lowest BCUT2D eigenvalue weighted by Gasteiger charge is -2.41. The van der Waals surface area contributed by atoms with Gasteiger partial charge in [-0.2, -0.15) is 0 Å². The van der Waals surface area contributed by atoms with Gasteiger partial charge in [0.25, 0.3) is 0 Å². The fourth-order valence-corrected chi connectivity index (χ4v) is 3.75. The lowest BCUT2D eigenvalue weighted by molar-refractivity contribution is 0.0982. The summed E-state index contributed by atoms with van der Waals surface area (Å²) in [5.74, 6) is 3.41. The minimum absolute atomic E-state index is 0.0599. The Morgan fingerprint density at radius 1 is 1.10 bits per heavy atom. The molecule has 8 nitrogen and oxygen atoms in total. The molecule has 31 heavy (non-hydrogen) atoms. The maximum Gasteiger partial charge on any atom is 0.192 e. The van der Waals surface area contributed by atoms with Crippen LogP contribution in [0.5, 0.6) is 5.75 Å². The molecule has 2 aromatic rings. The number of likely N-dealkylation sites (tertiary alicyclic amines) is 1. The van der Waals surface area contributed by atoms with Crippen LogP contribution in [0.2, 0.25) is 0 Å². The smallest absolute Gasteiger partial charge is 0.192 e. The number of rotatable bonds is 8. The number of piperidine rings is 1. The van der Waals surface area contributed by atoms with Gasteiger partial charge in [0.1, 0.15) is 11.6 Å². The summed E-state index contributed by atoms with van der Waals surface area (Å²) in [7, 11) is 3.66. The average Bonchev–Trinajstić information content (AvgIpc) is 3.11. The summed E-state index contributed by atoms with van der Waals surface area (Å²) in [6.07, 6.45) is 3.91. The van der Waals surface area contributed by atoms with Crippen LogP contribution in [0.25, 0.3) is 0 Å². The van der Waals surface area contributed by atoms with Gasteiger partial charge in [0.2, 0.25) is 0 Å². The van der Waals surface area contributed by atoms with Crippen LogP contribution in [-0.4, -0.2) is 57.9 Å². The quantitative estimate of drug-likeness (QED) is 0.498. The van der Waals surface area contributed by atoms with Gasteiger partial charge in [0.15, 0.2) is 11.8 Å². The van der Waals surface area contributed by atoms with Gasteiger partial charge in [-0.1, -0.05) is 18.6 Å². The van der Waals surface area contributed by atoms with Gasteiger partial charge >= 0.3 is 0 Å². The van der Waals surface area contributed by atoms with E-state index in [4.69, 9.17) is 9.73 Å². The highest BCUT2D eigenvalue weighted by Gasteiger charge is 2.28. The molecule has 1 aliphatic heterocycles. The number of hydrogen-bond donors (Lipinski definition) is 2. The largest absolute Gasteiger partial charge is 0.497 e. The fourth-order valence-electron chi connectivity index (χ4n) is 3.75. The first-order chi connectivity index (χ1) is 14.9. The van der Waals surface area contributed by atoms with Gasteiger partial charge in [0.05, 0.1) is 20.2 Å². The Morgan fingerprint density at radius 3 is 2.42 bits per heavy atom. The van der Waals surface area contributed by atoms with Crippen LogP contribution in [0.3, 0.4) is 0 Å². The van der Waals surface area contributed by atoms with E-state index in [1.165, 1.54) is 32.4 Å². The number of nitrogens with one attached hydrogen (secondary N) is 2. The highest BCUT2D eigenvalue weighted by atomic mass is 16.5. The molecule has 0 saturated carbocycles. The molecule has 0 aliphatic carbocycles. The van der Waals surface area contributed by atoms with Crippen molar-refractivity contribution in [3.05, 3.63) is 41.5 Å². The summed E-state index contributed by atoms with van der Waals surface area (Å²) in [6, 6.07) is 8.02. The first-order valence-electron chi connectivity index (χ1n) is 11.1. The van der Waals surface area contributed by atoms with Crippen molar-refractivity contribution in [2.24, 2.45) is 12.0 Å². The molecule has 1 fully saturated rings. The zero-order chi connectivity index (χ0) is 22.3. The maximum absolute atomic E-state index is 5.25. The lowest BCUT2D eigenvalue weighted by atomic mass is 9.98. The Bertz CT molecular complexity index is 851. The van der Waals surface area contributed by atoms with Crippen molar-refractivity contribution in [3.8, 4) is 5.75 Å². The lowest BCUT2D eigenvalue weighted by Crippen LogP contribution is -2.54. The van der Waals surface area contributed by atoms with Gasteiger partial charge < -0.3 is 19.9 Å². The molecule has 3 rings (SSSR count). The van der Waals surface area contributed by atoms with E-state index in [-0.39, 0.29) is 5.54 Å². The number of aliphatic imine (C=N–C) groups is 1. The molecule has 0 amide bonds. The zero-order valence-corrected chi connectivity index (χ0v) is 19.6. The van der Waals surface area contributed by atoms with Crippen LogP contribution < -0.4 is 15.4 Å². The minimum atomic E-state index is 0.0599. The summed E-state index contributed by atoms with van der Waals surface area (Å²) < 4.78 is 7.24. The van der Waals surface area contributed by atoms with Gasteiger partial charge in [-0.25, -0.2) is 4.99 Å². The summed E-state index contributed by atoms with van der Waals surface area (Å²) in [6.45, 7) is 10.9. The third-order valence-electron chi connectivity index (χ3n) is 6.08. The van der Waals surface area contributed by atoms with Crippen molar-refractivity contribution in [2.45, 2.75) is 58.7 Å².